The molecule has 2 N–H and O–H groups in total. The van der Waals surface area contributed by atoms with Gasteiger partial charge in [0.05, 0.1) is 0 Å². The van der Waals surface area contributed by atoms with Gasteiger partial charge in [0, 0.05) is 28.6 Å². The molecule has 0 saturated heterocycles. The molecule has 5 rings (SSSR count). The third kappa shape index (κ3) is 3.05. The van der Waals surface area contributed by atoms with E-state index in [-0.39, 0.29) is 33.2 Å². The van der Waals surface area contributed by atoms with Crippen molar-refractivity contribution in [3.05, 3.63) is 58.6 Å². The Morgan fingerprint density at radius 2 is 1.74 bits per heavy atom. The molecule has 190 valence electrons. The van der Waals surface area contributed by atoms with E-state index in [1.54, 1.807) is 6.08 Å². The highest BCUT2D eigenvalue weighted by molar-refractivity contribution is 6.06. The van der Waals surface area contributed by atoms with Crippen molar-refractivity contribution >= 4 is 5.78 Å². The third-order valence-electron chi connectivity index (χ3n) is 12.0. The van der Waals surface area contributed by atoms with E-state index in [9.17, 15) is 9.90 Å². The molecule has 5 aliphatic rings. The van der Waals surface area contributed by atoms with Crippen LogP contribution in [-0.2, 0) is 4.79 Å². The fraction of sp³-hybridized carbons (Fsp3) is 0.656. The van der Waals surface area contributed by atoms with Crippen molar-refractivity contribution in [3.63, 3.8) is 0 Å². The minimum Gasteiger partial charge on any atom is -0.504 e. The topological polar surface area (TPSA) is 49.3 Å². The molecule has 5 aliphatic carbocycles. The first-order valence-electron chi connectivity index (χ1n) is 13.8. The monoisotopic (exact) mass is 475 g/mol. The Morgan fingerprint density at radius 1 is 1.06 bits per heavy atom. The molecule has 0 aromatic carbocycles. The van der Waals surface area contributed by atoms with Crippen LogP contribution in [0.1, 0.15) is 93.4 Å². The third-order valence-corrected chi connectivity index (χ3v) is 12.0. The lowest BCUT2D eigenvalue weighted by Gasteiger charge is -2.70. The van der Waals surface area contributed by atoms with Gasteiger partial charge in [-0.3, -0.25) is 4.79 Å². The predicted molar refractivity (Wildman–Crippen MR) is 144 cm³/mol. The summed E-state index contributed by atoms with van der Waals surface area (Å²) >= 11 is 0. The second kappa shape index (κ2) is 7.49. The Hall–Kier alpha value is -2.03. The molecule has 0 amide bonds. The van der Waals surface area contributed by atoms with E-state index in [1.165, 1.54) is 43.4 Å². The molecule has 3 saturated carbocycles. The molecule has 3 fully saturated rings. The van der Waals surface area contributed by atoms with Gasteiger partial charge in [-0.25, -0.2) is 0 Å². The molecule has 0 radical (unpaired) electrons. The summed E-state index contributed by atoms with van der Waals surface area (Å²) in [6.45, 7) is 22.0. The zero-order chi connectivity index (χ0) is 25.6. The largest absolute Gasteiger partial charge is 0.504 e. The SMILES string of the molecule is C=C(NCC)[C@]1(C)CC[C@]2(C)CC[C@]3(C)C4=CC=C5C(=CC(=O)C(O)=C5C)[C@]4(C)CC[C@@]3(C)[C@@H]2C1. The van der Waals surface area contributed by atoms with Crippen molar-refractivity contribution < 1.29 is 9.90 Å². The molecule has 0 aromatic rings. The van der Waals surface area contributed by atoms with E-state index in [1.807, 2.05) is 6.92 Å². The fourth-order valence-corrected chi connectivity index (χ4v) is 9.16. The maximum absolute atomic E-state index is 12.7. The number of rotatable bonds is 3. The number of hydrogen-bond donors (Lipinski definition) is 2. The number of carbonyl (C=O) groups is 1. The van der Waals surface area contributed by atoms with Crippen LogP contribution in [0.4, 0.5) is 0 Å². The van der Waals surface area contributed by atoms with Gasteiger partial charge in [0.15, 0.2) is 5.76 Å². The van der Waals surface area contributed by atoms with Gasteiger partial charge in [-0.1, -0.05) is 58.9 Å². The zero-order valence-corrected chi connectivity index (χ0v) is 23.0. The predicted octanol–water partition coefficient (Wildman–Crippen LogP) is 7.74. The number of carbonyl (C=O) groups excluding carboxylic acids is 1. The summed E-state index contributed by atoms with van der Waals surface area (Å²) in [5, 5.41) is 13.9. The first kappa shape index (κ1) is 24.7. The van der Waals surface area contributed by atoms with Crippen molar-refractivity contribution in [1.29, 1.82) is 0 Å². The van der Waals surface area contributed by atoms with Crippen LogP contribution in [0.25, 0.3) is 0 Å². The lowest BCUT2D eigenvalue weighted by Crippen LogP contribution is -2.62. The molecule has 0 unspecified atom stereocenters. The minimum absolute atomic E-state index is 0.0744. The van der Waals surface area contributed by atoms with E-state index in [2.05, 4.69) is 65.6 Å². The van der Waals surface area contributed by atoms with Crippen LogP contribution in [0, 0.1) is 33.0 Å². The highest BCUT2D eigenvalue weighted by Gasteiger charge is 2.66. The molecule has 0 heterocycles. The van der Waals surface area contributed by atoms with Crippen LogP contribution < -0.4 is 5.32 Å². The first-order chi connectivity index (χ1) is 16.3. The Labute approximate surface area is 212 Å². The van der Waals surface area contributed by atoms with E-state index < -0.39 is 0 Å². The Kier molecular flexibility index (Phi) is 5.28. The van der Waals surface area contributed by atoms with E-state index >= 15 is 0 Å². The Balaban J connectivity index is 1.60. The lowest BCUT2D eigenvalue weighted by atomic mass is 9.34. The molecular formula is C32H45NO2. The number of hydrogen-bond acceptors (Lipinski definition) is 3. The van der Waals surface area contributed by atoms with E-state index in [4.69, 9.17) is 0 Å². The summed E-state index contributed by atoms with van der Waals surface area (Å²) in [6.07, 6.45) is 14.7. The summed E-state index contributed by atoms with van der Waals surface area (Å²) in [6, 6.07) is 0. The summed E-state index contributed by atoms with van der Waals surface area (Å²) in [5.74, 6) is 0.298. The smallest absolute Gasteiger partial charge is 0.220 e. The van der Waals surface area contributed by atoms with Gasteiger partial charge in [-0.15, -0.1) is 0 Å². The molecule has 6 atom stereocenters. The standard InChI is InChI=1S/C32H45NO2/c1-9-33-21(3)29(5)13-12-28(4)14-16-31(7)25-11-10-22-20(2)27(35)24(34)18-23(22)30(25,6)15-17-32(31,8)26(28)19-29/h10-11,18,26,33,35H,3,9,12-17,19H2,1-2,4-8H3/t26-,28-,29-,30+,31-,32+/m1/s1. The fourth-order valence-electron chi connectivity index (χ4n) is 9.16. The molecule has 0 aromatic heterocycles. The summed E-state index contributed by atoms with van der Waals surface area (Å²) in [4.78, 5) is 12.7. The Morgan fingerprint density at radius 3 is 2.43 bits per heavy atom. The van der Waals surface area contributed by atoms with Crippen LogP contribution in [0.5, 0.6) is 0 Å². The lowest BCUT2D eigenvalue weighted by molar-refractivity contribution is -0.157. The molecular weight excluding hydrogens is 430 g/mol. The summed E-state index contributed by atoms with van der Waals surface area (Å²) < 4.78 is 0. The molecule has 35 heavy (non-hydrogen) atoms. The normalized spacial score (nSPS) is 44.7. The van der Waals surface area contributed by atoms with Crippen molar-refractivity contribution in [2.24, 2.45) is 33.0 Å². The number of fused-ring (bicyclic) bond motifs is 7. The molecule has 0 spiro atoms. The zero-order valence-electron chi connectivity index (χ0n) is 23.0. The number of ketones is 1. The molecule has 3 nitrogen and oxygen atoms in total. The van der Waals surface area contributed by atoms with Crippen molar-refractivity contribution in [2.45, 2.75) is 93.4 Å². The molecule has 0 bridgehead atoms. The van der Waals surface area contributed by atoms with Gasteiger partial charge in [-0.05, 0) is 98.2 Å². The van der Waals surface area contributed by atoms with Crippen LogP contribution in [0.3, 0.4) is 0 Å². The second-order valence-electron chi connectivity index (χ2n) is 13.6. The van der Waals surface area contributed by atoms with E-state index in [0.29, 0.717) is 11.3 Å². The molecule has 3 heteroatoms. The summed E-state index contributed by atoms with van der Waals surface area (Å²) in [7, 11) is 0. The highest BCUT2D eigenvalue weighted by atomic mass is 16.3. The maximum atomic E-state index is 12.7. The Bertz CT molecular complexity index is 1140. The maximum Gasteiger partial charge on any atom is 0.220 e. The van der Waals surface area contributed by atoms with Gasteiger partial charge in [0.25, 0.3) is 0 Å². The number of aliphatic hydroxyl groups is 1. The average molecular weight is 476 g/mol. The number of aliphatic hydroxyl groups excluding tert-OH is 1. The van der Waals surface area contributed by atoms with Crippen LogP contribution in [0.15, 0.2) is 58.6 Å². The van der Waals surface area contributed by atoms with Gasteiger partial charge >= 0.3 is 0 Å². The average Bonchev–Trinajstić information content (AvgIpc) is 2.81. The van der Waals surface area contributed by atoms with Gasteiger partial charge in [-0.2, -0.15) is 0 Å². The van der Waals surface area contributed by atoms with Crippen molar-refractivity contribution in [3.8, 4) is 0 Å². The first-order valence-corrected chi connectivity index (χ1v) is 13.8. The van der Waals surface area contributed by atoms with Crippen LogP contribution >= 0.6 is 0 Å². The van der Waals surface area contributed by atoms with Crippen LogP contribution in [0.2, 0.25) is 0 Å². The van der Waals surface area contributed by atoms with Crippen molar-refractivity contribution in [1.82, 2.24) is 5.32 Å². The second-order valence-corrected chi connectivity index (χ2v) is 13.6. The summed E-state index contributed by atoms with van der Waals surface area (Å²) in [5.41, 5.74) is 6.24. The van der Waals surface area contributed by atoms with Gasteiger partial charge in [0.2, 0.25) is 5.78 Å². The van der Waals surface area contributed by atoms with Gasteiger partial charge < -0.3 is 10.4 Å². The molecule has 0 aliphatic heterocycles. The van der Waals surface area contributed by atoms with E-state index in [0.717, 1.165) is 36.1 Å². The highest BCUT2D eigenvalue weighted by Crippen LogP contribution is 2.75. The quantitative estimate of drug-likeness (QED) is 0.439. The number of allylic oxidation sites excluding steroid dienone is 8. The minimum atomic E-state index is -0.239. The van der Waals surface area contributed by atoms with Crippen LogP contribution in [-0.4, -0.2) is 17.4 Å². The van der Waals surface area contributed by atoms with Crippen molar-refractivity contribution in [2.75, 3.05) is 6.54 Å². The number of nitrogens with one attached hydrogen (secondary N) is 1. The van der Waals surface area contributed by atoms with Gasteiger partial charge in [0.1, 0.15) is 0 Å².